The summed E-state index contributed by atoms with van der Waals surface area (Å²) < 4.78 is 31.4. The summed E-state index contributed by atoms with van der Waals surface area (Å²) in [6, 6.07) is 8.40. The predicted octanol–water partition coefficient (Wildman–Crippen LogP) is 2.33. The lowest BCUT2D eigenvalue weighted by Gasteiger charge is -2.15. The summed E-state index contributed by atoms with van der Waals surface area (Å²) >= 11 is 0. The Morgan fingerprint density at radius 3 is 2.40 bits per heavy atom. The number of methoxy groups -OCH3 is 1. The van der Waals surface area contributed by atoms with Crippen LogP contribution < -0.4 is 10.1 Å². The number of aliphatic carboxylic acids is 1. The fourth-order valence-electron chi connectivity index (χ4n) is 2.38. The van der Waals surface area contributed by atoms with Crippen LogP contribution in [0.3, 0.4) is 0 Å². The number of hydrogen-bond acceptors (Lipinski definition) is 3. The molecule has 0 unspecified atom stereocenters. The molecule has 1 atom stereocenters. The van der Waals surface area contributed by atoms with Gasteiger partial charge in [-0.15, -0.1) is 0 Å². The molecule has 7 heteroatoms. The van der Waals surface area contributed by atoms with Crippen molar-refractivity contribution >= 4 is 11.9 Å². The van der Waals surface area contributed by atoms with E-state index in [-0.39, 0.29) is 18.4 Å². The van der Waals surface area contributed by atoms with Crippen LogP contribution in [0.4, 0.5) is 8.78 Å². The molecule has 0 aliphatic rings. The van der Waals surface area contributed by atoms with E-state index in [2.05, 4.69) is 5.32 Å². The number of carbonyl (C=O) groups excluding carboxylic acids is 1. The largest absolute Gasteiger partial charge is 0.497 e. The molecule has 0 fully saturated rings. The number of hydrogen-bond donors (Lipinski definition) is 2. The van der Waals surface area contributed by atoms with Gasteiger partial charge in [-0.1, -0.05) is 12.1 Å². The molecule has 0 aliphatic carbocycles. The highest BCUT2D eigenvalue weighted by molar-refractivity contribution is 5.85. The number of halogens is 2. The molecule has 0 aromatic heterocycles. The van der Waals surface area contributed by atoms with E-state index in [0.717, 1.165) is 12.1 Å². The number of ether oxygens (including phenoxy) is 1. The van der Waals surface area contributed by atoms with Crippen LogP contribution in [0.15, 0.2) is 42.5 Å². The maximum absolute atomic E-state index is 13.2. The Labute approximate surface area is 143 Å². The quantitative estimate of drug-likeness (QED) is 0.804. The molecule has 2 rings (SSSR count). The van der Waals surface area contributed by atoms with E-state index in [4.69, 9.17) is 4.74 Å². The lowest BCUT2D eigenvalue weighted by Crippen LogP contribution is -2.43. The van der Waals surface area contributed by atoms with Gasteiger partial charge in [0.05, 0.1) is 13.5 Å². The SMILES string of the molecule is COc1cccc(C[C@H](NC(=O)Cc2cc(F)cc(F)c2)C(=O)O)c1. The van der Waals surface area contributed by atoms with Crippen molar-refractivity contribution in [3.05, 3.63) is 65.2 Å². The van der Waals surface area contributed by atoms with Crippen molar-refractivity contribution in [2.45, 2.75) is 18.9 Å². The van der Waals surface area contributed by atoms with Gasteiger partial charge in [0.25, 0.3) is 0 Å². The normalized spacial score (nSPS) is 11.6. The smallest absolute Gasteiger partial charge is 0.326 e. The first-order chi connectivity index (χ1) is 11.9. The second-order valence-electron chi connectivity index (χ2n) is 5.47. The summed E-state index contributed by atoms with van der Waals surface area (Å²) in [5, 5.41) is 11.7. The first-order valence-electron chi connectivity index (χ1n) is 7.47. The van der Waals surface area contributed by atoms with Crippen molar-refractivity contribution in [2.75, 3.05) is 7.11 Å². The van der Waals surface area contributed by atoms with Gasteiger partial charge in [-0.3, -0.25) is 4.79 Å². The van der Waals surface area contributed by atoms with Gasteiger partial charge in [0.2, 0.25) is 5.91 Å². The second kappa shape index (κ2) is 8.23. The van der Waals surface area contributed by atoms with Crippen molar-refractivity contribution in [1.29, 1.82) is 0 Å². The third-order valence-corrected chi connectivity index (χ3v) is 3.49. The summed E-state index contributed by atoms with van der Waals surface area (Å²) in [4.78, 5) is 23.4. The first kappa shape index (κ1) is 18.4. The Balaban J connectivity index is 2.05. The number of carboxylic acid groups (broad SMARTS) is 1. The highest BCUT2D eigenvalue weighted by Crippen LogP contribution is 2.14. The minimum atomic E-state index is -1.21. The molecule has 2 N–H and O–H groups in total. The van der Waals surface area contributed by atoms with Crippen molar-refractivity contribution in [2.24, 2.45) is 0 Å². The molecule has 0 spiro atoms. The van der Waals surface area contributed by atoms with Crippen LogP contribution in [-0.2, 0) is 22.4 Å². The van der Waals surface area contributed by atoms with Gasteiger partial charge in [-0.25, -0.2) is 13.6 Å². The van der Waals surface area contributed by atoms with E-state index in [1.807, 2.05) is 0 Å². The van der Waals surface area contributed by atoms with Gasteiger partial charge >= 0.3 is 5.97 Å². The summed E-state index contributed by atoms with van der Waals surface area (Å²) in [6.45, 7) is 0. The second-order valence-corrected chi connectivity index (χ2v) is 5.47. The Kier molecular flexibility index (Phi) is 6.05. The van der Waals surface area contributed by atoms with Crippen molar-refractivity contribution in [3.63, 3.8) is 0 Å². The molecule has 132 valence electrons. The number of carbonyl (C=O) groups is 2. The zero-order valence-corrected chi connectivity index (χ0v) is 13.5. The van der Waals surface area contributed by atoms with E-state index in [0.29, 0.717) is 17.4 Å². The lowest BCUT2D eigenvalue weighted by atomic mass is 10.0. The fourth-order valence-corrected chi connectivity index (χ4v) is 2.38. The number of benzene rings is 2. The number of rotatable bonds is 7. The van der Waals surface area contributed by atoms with Crippen molar-refractivity contribution < 1.29 is 28.2 Å². The fraction of sp³-hybridized carbons (Fsp3) is 0.222. The molecular weight excluding hydrogens is 332 g/mol. The van der Waals surface area contributed by atoms with Crippen LogP contribution in [0.1, 0.15) is 11.1 Å². The van der Waals surface area contributed by atoms with E-state index in [1.54, 1.807) is 24.3 Å². The van der Waals surface area contributed by atoms with E-state index in [1.165, 1.54) is 7.11 Å². The summed E-state index contributed by atoms with van der Waals surface area (Å²) in [6.07, 6.45) is -0.271. The molecule has 0 aliphatic heterocycles. The highest BCUT2D eigenvalue weighted by Gasteiger charge is 2.21. The molecule has 0 radical (unpaired) electrons. The molecule has 0 saturated carbocycles. The average molecular weight is 349 g/mol. The molecular formula is C18H17F2NO4. The van der Waals surface area contributed by atoms with Crippen LogP contribution >= 0.6 is 0 Å². The Hall–Kier alpha value is -2.96. The van der Waals surface area contributed by atoms with E-state index < -0.39 is 29.6 Å². The van der Waals surface area contributed by atoms with Crippen LogP contribution in [0.25, 0.3) is 0 Å². The minimum absolute atomic E-state index is 0.0514. The molecule has 2 aromatic rings. The zero-order valence-electron chi connectivity index (χ0n) is 13.5. The Morgan fingerprint density at radius 2 is 1.80 bits per heavy atom. The molecule has 25 heavy (non-hydrogen) atoms. The molecule has 5 nitrogen and oxygen atoms in total. The topological polar surface area (TPSA) is 75.6 Å². The Morgan fingerprint density at radius 1 is 1.12 bits per heavy atom. The predicted molar refractivity (Wildman–Crippen MR) is 86.3 cm³/mol. The zero-order chi connectivity index (χ0) is 18.4. The summed E-state index contributed by atoms with van der Waals surface area (Å²) in [5.74, 6) is -2.87. The number of amides is 1. The molecule has 0 heterocycles. The monoisotopic (exact) mass is 349 g/mol. The molecule has 1 amide bonds. The minimum Gasteiger partial charge on any atom is -0.497 e. The Bertz CT molecular complexity index is 759. The van der Waals surface area contributed by atoms with Gasteiger partial charge < -0.3 is 15.2 Å². The molecule has 0 saturated heterocycles. The standard InChI is InChI=1S/C18H17F2NO4/c1-25-15-4-2-3-11(7-15)8-16(18(23)24)21-17(22)9-12-5-13(19)10-14(20)6-12/h2-7,10,16H,8-9H2,1H3,(H,21,22)(H,23,24)/t16-/m0/s1. The van der Waals surface area contributed by atoms with Gasteiger partial charge in [0.1, 0.15) is 23.4 Å². The highest BCUT2D eigenvalue weighted by atomic mass is 19.1. The third kappa shape index (κ3) is 5.56. The number of carboxylic acids is 1. The summed E-state index contributed by atoms with van der Waals surface area (Å²) in [5.41, 5.74) is 0.796. The van der Waals surface area contributed by atoms with Gasteiger partial charge in [-0.05, 0) is 35.4 Å². The van der Waals surface area contributed by atoms with Crippen molar-refractivity contribution in [1.82, 2.24) is 5.32 Å². The van der Waals surface area contributed by atoms with E-state index in [9.17, 15) is 23.5 Å². The average Bonchev–Trinajstić information content (AvgIpc) is 2.53. The lowest BCUT2D eigenvalue weighted by molar-refractivity contribution is -0.141. The van der Waals surface area contributed by atoms with Gasteiger partial charge in [0.15, 0.2) is 0 Å². The van der Waals surface area contributed by atoms with Crippen LogP contribution in [0.5, 0.6) is 5.75 Å². The maximum Gasteiger partial charge on any atom is 0.326 e. The van der Waals surface area contributed by atoms with Crippen LogP contribution in [0, 0.1) is 11.6 Å². The molecule has 2 aromatic carbocycles. The summed E-state index contributed by atoms with van der Waals surface area (Å²) in [7, 11) is 1.49. The number of nitrogens with one attached hydrogen (secondary N) is 1. The van der Waals surface area contributed by atoms with E-state index >= 15 is 0 Å². The van der Waals surface area contributed by atoms with Gasteiger partial charge in [0, 0.05) is 12.5 Å². The third-order valence-electron chi connectivity index (χ3n) is 3.49. The van der Waals surface area contributed by atoms with Crippen molar-refractivity contribution in [3.8, 4) is 5.75 Å². The van der Waals surface area contributed by atoms with Crippen LogP contribution in [0.2, 0.25) is 0 Å². The maximum atomic E-state index is 13.2. The van der Waals surface area contributed by atoms with Crippen LogP contribution in [-0.4, -0.2) is 30.1 Å². The molecule has 0 bridgehead atoms. The first-order valence-corrected chi connectivity index (χ1v) is 7.47. The van der Waals surface area contributed by atoms with Gasteiger partial charge in [-0.2, -0.15) is 0 Å².